The lowest BCUT2D eigenvalue weighted by atomic mass is 10.3. The van der Waals surface area contributed by atoms with Crippen molar-refractivity contribution in [3.8, 4) is 5.88 Å². The minimum atomic E-state index is -4.46. The molecule has 1 fully saturated rings. The lowest BCUT2D eigenvalue weighted by molar-refractivity contribution is -0.141. The van der Waals surface area contributed by atoms with E-state index < -0.39 is 11.9 Å². The molecular weight excluding hydrogens is 223 g/mol. The van der Waals surface area contributed by atoms with Gasteiger partial charge in [-0.15, -0.1) is 0 Å². The number of nitrogens with zero attached hydrogens (tertiary/aromatic N) is 2. The van der Waals surface area contributed by atoms with Crippen LogP contribution in [0.1, 0.15) is 12.1 Å². The maximum Gasteiger partial charge on any atom is 0.433 e. The number of ether oxygens (including phenoxy) is 1. The van der Waals surface area contributed by atoms with E-state index in [-0.39, 0.29) is 12.0 Å². The number of rotatable bonds is 2. The summed E-state index contributed by atoms with van der Waals surface area (Å²) in [5, 5.41) is 3.05. The molecule has 4 nitrogen and oxygen atoms in total. The Bertz CT molecular complexity index is 363. The van der Waals surface area contributed by atoms with E-state index in [9.17, 15) is 13.2 Å². The zero-order chi connectivity index (χ0) is 11.6. The molecule has 0 saturated carbocycles. The fourth-order valence-corrected chi connectivity index (χ4v) is 1.46. The van der Waals surface area contributed by atoms with Crippen LogP contribution in [0.15, 0.2) is 12.4 Å². The molecule has 0 aromatic carbocycles. The molecule has 2 heterocycles. The molecule has 1 unspecified atom stereocenters. The van der Waals surface area contributed by atoms with Gasteiger partial charge in [0.1, 0.15) is 12.4 Å². The van der Waals surface area contributed by atoms with Gasteiger partial charge in [-0.1, -0.05) is 0 Å². The van der Waals surface area contributed by atoms with Crippen molar-refractivity contribution in [1.29, 1.82) is 0 Å². The highest BCUT2D eigenvalue weighted by Crippen LogP contribution is 2.28. The van der Waals surface area contributed by atoms with Crippen LogP contribution in [0.4, 0.5) is 13.2 Å². The van der Waals surface area contributed by atoms with Gasteiger partial charge in [0.25, 0.3) is 0 Å². The van der Waals surface area contributed by atoms with E-state index in [1.165, 1.54) is 0 Å². The normalized spacial score (nSPS) is 21.1. The van der Waals surface area contributed by atoms with Gasteiger partial charge in [0.15, 0.2) is 5.69 Å². The second-order valence-electron chi connectivity index (χ2n) is 3.47. The molecule has 0 amide bonds. The summed E-state index contributed by atoms with van der Waals surface area (Å²) in [6.45, 7) is 1.44. The average Bonchev–Trinajstić information content (AvgIpc) is 2.70. The van der Waals surface area contributed by atoms with Gasteiger partial charge in [0.05, 0.1) is 0 Å². The van der Waals surface area contributed by atoms with Crippen molar-refractivity contribution >= 4 is 0 Å². The van der Waals surface area contributed by atoms with Gasteiger partial charge in [-0.25, -0.2) is 9.97 Å². The average molecular weight is 233 g/mol. The lowest BCUT2D eigenvalue weighted by Gasteiger charge is -2.12. The number of hydrogen-bond donors (Lipinski definition) is 1. The molecular formula is C9H10F3N3O. The maximum absolute atomic E-state index is 12.3. The minimum Gasteiger partial charge on any atom is -0.473 e. The number of halogens is 3. The van der Waals surface area contributed by atoms with Crippen molar-refractivity contribution in [3.05, 3.63) is 18.1 Å². The van der Waals surface area contributed by atoms with Crippen molar-refractivity contribution in [2.24, 2.45) is 0 Å². The number of alkyl halides is 3. The Morgan fingerprint density at radius 2 is 2.19 bits per heavy atom. The summed E-state index contributed by atoms with van der Waals surface area (Å²) < 4.78 is 42.3. The van der Waals surface area contributed by atoms with Gasteiger partial charge in [-0.2, -0.15) is 13.2 Å². The van der Waals surface area contributed by atoms with Crippen molar-refractivity contribution in [1.82, 2.24) is 15.3 Å². The summed E-state index contributed by atoms with van der Waals surface area (Å²) in [5.41, 5.74) is -0.983. The van der Waals surface area contributed by atoms with Crippen molar-refractivity contribution in [2.75, 3.05) is 13.1 Å². The Hall–Kier alpha value is -1.37. The molecule has 1 aromatic heterocycles. The Morgan fingerprint density at radius 1 is 1.38 bits per heavy atom. The summed E-state index contributed by atoms with van der Waals surface area (Å²) >= 11 is 0. The molecule has 1 atom stereocenters. The van der Waals surface area contributed by atoms with Crippen LogP contribution in [0.25, 0.3) is 0 Å². The third kappa shape index (κ3) is 2.60. The van der Waals surface area contributed by atoms with Crippen LogP contribution in [0.2, 0.25) is 0 Å². The van der Waals surface area contributed by atoms with E-state index in [0.29, 0.717) is 6.54 Å². The molecule has 0 spiro atoms. The summed E-state index contributed by atoms with van der Waals surface area (Å²) in [4.78, 5) is 6.81. The van der Waals surface area contributed by atoms with Crippen LogP contribution in [0, 0.1) is 0 Å². The molecule has 16 heavy (non-hydrogen) atoms. The zero-order valence-electron chi connectivity index (χ0n) is 8.29. The van der Waals surface area contributed by atoms with Gasteiger partial charge >= 0.3 is 6.18 Å². The van der Waals surface area contributed by atoms with Crippen molar-refractivity contribution < 1.29 is 17.9 Å². The van der Waals surface area contributed by atoms with E-state index in [4.69, 9.17) is 4.74 Å². The van der Waals surface area contributed by atoms with Crippen molar-refractivity contribution in [3.63, 3.8) is 0 Å². The topological polar surface area (TPSA) is 47.0 Å². The Labute approximate surface area is 89.8 Å². The van der Waals surface area contributed by atoms with Crippen LogP contribution in [0.5, 0.6) is 5.88 Å². The smallest absolute Gasteiger partial charge is 0.433 e. The van der Waals surface area contributed by atoms with Crippen LogP contribution in [-0.2, 0) is 6.18 Å². The minimum absolute atomic E-state index is 0.0315. The molecule has 1 N–H and O–H groups in total. The third-order valence-electron chi connectivity index (χ3n) is 2.23. The first kappa shape index (κ1) is 11.1. The molecule has 1 aromatic rings. The van der Waals surface area contributed by atoms with Gasteiger partial charge in [0.2, 0.25) is 5.88 Å². The predicted octanol–water partition coefficient (Wildman–Crippen LogP) is 1.24. The molecule has 7 heteroatoms. The van der Waals surface area contributed by atoms with Crippen LogP contribution >= 0.6 is 0 Å². The molecule has 1 aliphatic rings. The number of hydrogen-bond acceptors (Lipinski definition) is 4. The Balaban J connectivity index is 2.09. The van der Waals surface area contributed by atoms with Crippen LogP contribution in [0.3, 0.4) is 0 Å². The fourth-order valence-electron chi connectivity index (χ4n) is 1.46. The molecule has 1 aliphatic heterocycles. The first-order chi connectivity index (χ1) is 7.55. The summed E-state index contributed by atoms with van der Waals surface area (Å²) in [7, 11) is 0. The summed E-state index contributed by atoms with van der Waals surface area (Å²) in [6, 6.07) is 0.818. The first-order valence-electron chi connectivity index (χ1n) is 4.82. The Kier molecular flexibility index (Phi) is 2.95. The quantitative estimate of drug-likeness (QED) is 0.834. The molecule has 2 rings (SSSR count). The standard InChI is InChI=1S/C9H10F3N3O/c10-9(11,12)7-3-8(15-5-14-7)16-6-1-2-13-4-6/h3,5-6,13H,1-2,4H2. The SMILES string of the molecule is FC(F)(F)c1cc(OC2CCNC2)ncn1. The highest BCUT2D eigenvalue weighted by Gasteiger charge is 2.33. The van der Waals surface area contributed by atoms with Gasteiger partial charge in [-0.05, 0) is 13.0 Å². The first-order valence-corrected chi connectivity index (χ1v) is 4.82. The van der Waals surface area contributed by atoms with Gasteiger partial charge in [-0.3, -0.25) is 0 Å². The van der Waals surface area contributed by atoms with E-state index >= 15 is 0 Å². The van der Waals surface area contributed by atoms with Crippen LogP contribution in [-0.4, -0.2) is 29.2 Å². The van der Waals surface area contributed by atoms with Crippen molar-refractivity contribution in [2.45, 2.75) is 18.7 Å². The van der Waals surface area contributed by atoms with Gasteiger partial charge in [0, 0.05) is 12.6 Å². The Morgan fingerprint density at radius 3 is 2.81 bits per heavy atom. The van der Waals surface area contributed by atoms with E-state index in [0.717, 1.165) is 25.4 Å². The third-order valence-corrected chi connectivity index (χ3v) is 2.23. The zero-order valence-corrected chi connectivity index (χ0v) is 8.29. The largest absolute Gasteiger partial charge is 0.473 e. The lowest BCUT2D eigenvalue weighted by Crippen LogP contribution is -2.20. The maximum atomic E-state index is 12.3. The highest BCUT2D eigenvalue weighted by atomic mass is 19.4. The second-order valence-corrected chi connectivity index (χ2v) is 3.47. The molecule has 0 aliphatic carbocycles. The molecule has 0 radical (unpaired) electrons. The summed E-state index contributed by atoms with van der Waals surface area (Å²) in [6.07, 6.45) is -2.95. The van der Waals surface area contributed by atoms with Crippen LogP contribution < -0.4 is 10.1 Å². The molecule has 88 valence electrons. The van der Waals surface area contributed by atoms with E-state index in [1.807, 2.05) is 0 Å². The monoisotopic (exact) mass is 233 g/mol. The second kappa shape index (κ2) is 4.25. The molecule has 0 bridgehead atoms. The summed E-state index contributed by atoms with van der Waals surface area (Å²) in [5.74, 6) is -0.0315. The number of aromatic nitrogens is 2. The van der Waals surface area contributed by atoms with E-state index in [2.05, 4.69) is 15.3 Å². The van der Waals surface area contributed by atoms with E-state index in [1.54, 1.807) is 0 Å². The van der Waals surface area contributed by atoms with Gasteiger partial charge < -0.3 is 10.1 Å². The molecule has 1 saturated heterocycles. The highest BCUT2D eigenvalue weighted by molar-refractivity contribution is 5.16. The predicted molar refractivity (Wildman–Crippen MR) is 48.9 cm³/mol. The fraction of sp³-hybridized carbons (Fsp3) is 0.556. The number of nitrogens with one attached hydrogen (secondary N) is 1.